The SMILES string of the molecule is CC[C@]1(c2cccc(O)c2)CCCCNC1. The van der Waals surface area contributed by atoms with Gasteiger partial charge in [-0.05, 0) is 43.5 Å². The zero-order chi connectivity index (χ0) is 11.4. The van der Waals surface area contributed by atoms with E-state index >= 15 is 0 Å². The molecule has 2 N–H and O–H groups in total. The van der Waals surface area contributed by atoms with E-state index in [-0.39, 0.29) is 5.41 Å². The van der Waals surface area contributed by atoms with Crippen LogP contribution in [0.25, 0.3) is 0 Å². The normalized spacial score (nSPS) is 26.3. The van der Waals surface area contributed by atoms with Gasteiger partial charge in [0.1, 0.15) is 5.75 Å². The summed E-state index contributed by atoms with van der Waals surface area (Å²) >= 11 is 0. The van der Waals surface area contributed by atoms with E-state index in [9.17, 15) is 5.11 Å². The summed E-state index contributed by atoms with van der Waals surface area (Å²) in [5.74, 6) is 0.384. The number of phenolic OH excluding ortho intramolecular Hbond substituents is 1. The number of benzene rings is 1. The third-order valence-corrected chi connectivity index (χ3v) is 3.86. The summed E-state index contributed by atoms with van der Waals surface area (Å²) in [7, 11) is 0. The summed E-state index contributed by atoms with van der Waals surface area (Å²) in [6.45, 7) is 4.41. The van der Waals surface area contributed by atoms with Crippen molar-refractivity contribution in [1.82, 2.24) is 5.32 Å². The van der Waals surface area contributed by atoms with Crippen LogP contribution >= 0.6 is 0 Å². The van der Waals surface area contributed by atoms with Crippen molar-refractivity contribution in [2.75, 3.05) is 13.1 Å². The van der Waals surface area contributed by atoms with Crippen LogP contribution in [-0.4, -0.2) is 18.2 Å². The van der Waals surface area contributed by atoms with E-state index in [0.717, 1.165) is 19.5 Å². The van der Waals surface area contributed by atoms with Gasteiger partial charge in [-0.3, -0.25) is 0 Å². The van der Waals surface area contributed by atoms with Crippen LogP contribution in [0.5, 0.6) is 5.75 Å². The van der Waals surface area contributed by atoms with Gasteiger partial charge in [0.05, 0.1) is 0 Å². The van der Waals surface area contributed by atoms with Crippen LogP contribution in [0.1, 0.15) is 38.2 Å². The molecule has 1 aromatic carbocycles. The number of hydrogen-bond donors (Lipinski definition) is 2. The minimum Gasteiger partial charge on any atom is -0.508 e. The molecule has 2 nitrogen and oxygen atoms in total. The van der Waals surface area contributed by atoms with E-state index in [2.05, 4.69) is 18.3 Å². The van der Waals surface area contributed by atoms with Crippen LogP contribution in [0.3, 0.4) is 0 Å². The molecule has 1 heterocycles. The minimum atomic E-state index is 0.218. The lowest BCUT2D eigenvalue weighted by molar-refractivity contribution is 0.374. The van der Waals surface area contributed by atoms with Gasteiger partial charge in [-0.15, -0.1) is 0 Å². The predicted octanol–water partition coefficient (Wildman–Crippen LogP) is 2.81. The van der Waals surface area contributed by atoms with Gasteiger partial charge in [0.25, 0.3) is 0 Å². The molecule has 1 aromatic rings. The summed E-state index contributed by atoms with van der Waals surface area (Å²) in [5.41, 5.74) is 1.50. The molecule has 0 bridgehead atoms. The molecular weight excluding hydrogens is 198 g/mol. The molecule has 2 rings (SSSR count). The highest BCUT2D eigenvalue weighted by Crippen LogP contribution is 2.35. The van der Waals surface area contributed by atoms with Gasteiger partial charge in [-0.2, -0.15) is 0 Å². The van der Waals surface area contributed by atoms with Crippen LogP contribution < -0.4 is 5.32 Å². The van der Waals surface area contributed by atoms with Crippen molar-refractivity contribution in [1.29, 1.82) is 0 Å². The van der Waals surface area contributed by atoms with E-state index in [4.69, 9.17) is 0 Å². The molecule has 1 aliphatic heterocycles. The Balaban J connectivity index is 2.31. The van der Waals surface area contributed by atoms with Crippen LogP contribution in [0.4, 0.5) is 0 Å². The molecule has 16 heavy (non-hydrogen) atoms. The molecule has 1 atom stereocenters. The lowest BCUT2D eigenvalue weighted by atomic mass is 9.74. The minimum absolute atomic E-state index is 0.218. The van der Waals surface area contributed by atoms with Crippen molar-refractivity contribution in [3.63, 3.8) is 0 Å². The van der Waals surface area contributed by atoms with Gasteiger partial charge >= 0.3 is 0 Å². The second kappa shape index (κ2) is 4.88. The fourth-order valence-corrected chi connectivity index (χ4v) is 2.72. The highest BCUT2D eigenvalue weighted by molar-refractivity contribution is 5.33. The molecular formula is C14H21NO. The first-order chi connectivity index (χ1) is 7.77. The monoisotopic (exact) mass is 219 g/mol. The Morgan fingerprint density at radius 1 is 1.38 bits per heavy atom. The van der Waals surface area contributed by atoms with E-state index in [1.54, 1.807) is 6.07 Å². The maximum Gasteiger partial charge on any atom is 0.115 e. The van der Waals surface area contributed by atoms with Gasteiger partial charge in [0.2, 0.25) is 0 Å². The second-order valence-electron chi connectivity index (χ2n) is 4.82. The molecule has 0 saturated carbocycles. The third-order valence-electron chi connectivity index (χ3n) is 3.86. The Labute approximate surface area is 97.7 Å². The molecule has 0 radical (unpaired) electrons. The summed E-state index contributed by atoms with van der Waals surface area (Å²) < 4.78 is 0. The van der Waals surface area contributed by atoms with E-state index in [0.29, 0.717) is 5.75 Å². The highest BCUT2D eigenvalue weighted by atomic mass is 16.3. The average Bonchev–Trinajstić information content (AvgIpc) is 2.55. The van der Waals surface area contributed by atoms with Crippen LogP contribution in [-0.2, 0) is 5.41 Å². The first-order valence-electron chi connectivity index (χ1n) is 6.27. The van der Waals surface area contributed by atoms with Crippen molar-refractivity contribution < 1.29 is 5.11 Å². The zero-order valence-corrected chi connectivity index (χ0v) is 10.00. The van der Waals surface area contributed by atoms with Crippen LogP contribution in [0.15, 0.2) is 24.3 Å². The zero-order valence-electron chi connectivity index (χ0n) is 10.00. The summed E-state index contributed by atoms with van der Waals surface area (Å²) in [6.07, 6.45) is 4.89. The first-order valence-corrected chi connectivity index (χ1v) is 6.27. The lowest BCUT2D eigenvalue weighted by Gasteiger charge is -2.32. The van der Waals surface area contributed by atoms with Crippen molar-refractivity contribution in [2.45, 2.75) is 38.0 Å². The molecule has 1 fully saturated rings. The summed E-state index contributed by atoms with van der Waals surface area (Å²) in [4.78, 5) is 0. The molecule has 0 aliphatic carbocycles. The lowest BCUT2D eigenvalue weighted by Crippen LogP contribution is -2.36. The van der Waals surface area contributed by atoms with Gasteiger partial charge in [0.15, 0.2) is 0 Å². The standard InChI is InChI=1S/C14H21NO/c1-2-14(8-3-4-9-15-11-14)12-6-5-7-13(16)10-12/h5-7,10,15-16H,2-4,8-9,11H2,1H3/t14-/m0/s1. The summed E-state index contributed by atoms with van der Waals surface area (Å²) in [5, 5.41) is 13.1. The Kier molecular flexibility index (Phi) is 3.49. The van der Waals surface area contributed by atoms with Gasteiger partial charge < -0.3 is 10.4 Å². The van der Waals surface area contributed by atoms with Gasteiger partial charge in [0, 0.05) is 12.0 Å². The van der Waals surface area contributed by atoms with E-state index < -0.39 is 0 Å². The molecule has 0 aromatic heterocycles. The second-order valence-corrected chi connectivity index (χ2v) is 4.82. The van der Waals surface area contributed by atoms with Crippen LogP contribution in [0, 0.1) is 0 Å². The smallest absolute Gasteiger partial charge is 0.115 e. The fraction of sp³-hybridized carbons (Fsp3) is 0.571. The molecule has 1 saturated heterocycles. The summed E-state index contributed by atoms with van der Waals surface area (Å²) in [6, 6.07) is 7.77. The maximum absolute atomic E-state index is 9.60. The number of rotatable bonds is 2. The molecule has 0 amide bonds. The molecule has 88 valence electrons. The van der Waals surface area contributed by atoms with Gasteiger partial charge in [-0.1, -0.05) is 25.5 Å². The topological polar surface area (TPSA) is 32.3 Å². The van der Waals surface area contributed by atoms with Gasteiger partial charge in [-0.25, -0.2) is 0 Å². The van der Waals surface area contributed by atoms with Crippen molar-refractivity contribution >= 4 is 0 Å². The molecule has 0 unspecified atom stereocenters. The Bertz CT molecular complexity index is 340. The fourth-order valence-electron chi connectivity index (χ4n) is 2.72. The number of nitrogens with one attached hydrogen (secondary N) is 1. The number of aromatic hydroxyl groups is 1. The predicted molar refractivity (Wildman–Crippen MR) is 66.8 cm³/mol. The largest absolute Gasteiger partial charge is 0.508 e. The van der Waals surface area contributed by atoms with Crippen molar-refractivity contribution in [3.05, 3.63) is 29.8 Å². The van der Waals surface area contributed by atoms with Crippen LogP contribution in [0.2, 0.25) is 0 Å². The van der Waals surface area contributed by atoms with E-state index in [1.165, 1.54) is 24.8 Å². The molecule has 2 heteroatoms. The quantitative estimate of drug-likeness (QED) is 0.801. The number of hydrogen-bond acceptors (Lipinski definition) is 2. The maximum atomic E-state index is 9.60. The van der Waals surface area contributed by atoms with E-state index in [1.807, 2.05) is 12.1 Å². The molecule has 0 spiro atoms. The molecule has 1 aliphatic rings. The number of phenols is 1. The van der Waals surface area contributed by atoms with Crippen molar-refractivity contribution in [2.24, 2.45) is 0 Å². The Morgan fingerprint density at radius 3 is 3.00 bits per heavy atom. The van der Waals surface area contributed by atoms with Crippen molar-refractivity contribution in [3.8, 4) is 5.75 Å². The first kappa shape index (κ1) is 11.5. The third kappa shape index (κ3) is 2.22. The Hall–Kier alpha value is -1.02. The average molecular weight is 219 g/mol. The Morgan fingerprint density at radius 2 is 2.25 bits per heavy atom. The highest BCUT2D eigenvalue weighted by Gasteiger charge is 2.31.